The summed E-state index contributed by atoms with van der Waals surface area (Å²) in [6, 6.07) is 11.2. The number of pyridine rings is 1. The Bertz CT molecular complexity index is 919. The predicted molar refractivity (Wildman–Crippen MR) is 113 cm³/mol. The highest BCUT2D eigenvalue weighted by Crippen LogP contribution is 2.34. The second-order valence-corrected chi connectivity index (χ2v) is 8.01. The number of hydrogen-bond donors (Lipinski definition) is 0. The van der Waals surface area contributed by atoms with Crippen LogP contribution >= 0.6 is 11.8 Å². The molecule has 0 aliphatic carbocycles. The number of esters is 3. The smallest absolute Gasteiger partial charge is 0.303 e. The van der Waals surface area contributed by atoms with Crippen molar-refractivity contribution in [2.24, 2.45) is 0 Å². The van der Waals surface area contributed by atoms with Gasteiger partial charge in [-0.3, -0.25) is 19.4 Å². The van der Waals surface area contributed by atoms with Gasteiger partial charge in [0.25, 0.3) is 0 Å². The zero-order chi connectivity index (χ0) is 22.4. The van der Waals surface area contributed by atoms with Gasteiger partial charge in [0.1, 0.15) is 5.75 Å². The molecule has 1 aromatic carbocycles. The number of nitrogens with zero attached hydrogens (tertiary/aromatic N) is 1. The van der Waals surface area contributed by atoms with Gasteiger partial charge >= 0.3 is 17.9 Å². The van der Waals surface area contributed by atoms with E-state index in [0.717, 1.165) is 11.1 Å². The summed E-state index contributed by atoms with van der Waals surface area (Å²) in [5.41, 5.74) is 1.28. The molecule has 1 aromatic heterocycles. The fourth-order valence-electron chi connectivity index (χ4n) is 3.20. The number of ether oxygens (including phenoxy) is 4. The molecule has 2 aromatic rings. The number of carbonyl (C=O) groups excluding carboxylic acids is 3. The molecule has 0 N–H and O–H groups in total. The average molecular weight is 445 g/mol. The van der Waals surface area contributed by atoms with E-state index in [9.17, 15) is 14.4 Å². The molecule has 1 fully saturated rings. The number of carbonyl (C=O) groups is 3. The van der Waals surface area contributed by atoms with Crippen molar-refractivity contribution >= 4 is 29.7 Å². The first kappa shape index (κ1) is 22.6. The Hall–Kier alpha value is -3.07. The highest BCUT2D eigenvalue weighted by molar-refractivity contribution is 7.99. The van der Waals surface area contributed by atoms with Crippen LogP contribution in [-0.4, -0.2) is 52.4 Å². The maximum absolute atomic E-state index is 11.7. The van der Waals surface area contributed by atoms with Crippen LogP contribution in [0, 0.1) is 0 Å². The predicted octanol–water partition coefficient (Wildman–Crippen LogP) is 3.00. The highest BCUT2D eigenvalue weighted by Gasteiger charge is 2.47. The minimum atomic E-state index is -0.980. The van der Waals surface area contributed by atoms with Crippen molar-refractivity contribution in [3.05, 3.63) is 48.8 Å². The van der Waals surface area contributed by atoms with Crippen molar-refractivity contribution in [2.45, 2.75) is 44.5 Å². The van der Waals surface area contributed by atoms with Gasteiger partial charge in [-0.05, 0) is 29.3 Å². The molecule has 9 heteroatoms. The zero-order valence-corrected chi connectivity index (χ0v) is 18.2. The van der Waals surface area contributed by atoms with Crippen LogP contribution in [0.5, 0.6) is 5.75 Å². The van der Waals surface area contributed by atoms with Crippen LogP contribution in [-0.2, 0) is 28.6 Å². The first-order valence-corrected chi connectivity index (χ1v) is 10.7. The largest absolute Gasteiger partial charge is 0.476 e. The van der Waals surface area contributed by atoms with Gasteiger partial charge in [-0.1, -0.05) is 18.2 Å². The number of benzene rings is 1. The molecule has 1 aliphatic rings. The number of thioether (sulfide) groups is 1. The van der Waals surface area contributed by atoms with E-state index >= 15 is 0 Å². The van der Waals surface area contributed by atoms with Crippen molar-refractivity contribution in [3.63, 3.8) is 0 Å². The third-order valence-corrected chi connectivity index (χ3v) is 5.62. The second-order valence-electron chi connectivity index (χ2n) is 6.88. The quantitative estimate of drug-likeness (QED) is 0.490. The van der Waals surface area contributed by atoms with E-state index in [4.69, 9.17) is 18.9 Å². The van der Waals surface area contributed by atoms with Crippen molar-refractivity contribution in [3.8, 4) is 16.9 Å². The third-order valence-electron chi connectivity index (χ3n) is 4.41. The van der Waals surface area contributed by atoms with Crippen molar-refractivity contribution in [1.29, 1.82) is 0 Å². The number of hydrogen-bond acceptors (Lipinski definition) is 9. The molecular weight excluding hydrogens is 422 g/mol. The molecule has 0 spiro atoms. The van der Waals surface area contributed by atoms with Gasteiger partial charge in [-0.25, -0.2) is 0 Å². The minimum absolute atomic E-state index is 0.313. The lowest BCUT2D eigenvalue weighted by Crippen LogP contribution is -2.55. The van der Waals surface area contributed by atoms with E-state index in [1.165, 1.54) is 32.5 Å². The zero-order valence-electron chi connectivity index (χ0n) is 17.3. The van der Waals surface area contributed by atoms with Gasteiger partial charge in [0, 0.05) is 38.9 Å². The molecule has 3 rings (SSSR count). The van der Waals surface area contributed by atoms with E-state index in [-0.39, 0.29) is 0 Å². The Kier molecular flexibility index (Phi) is 7.51. The minimum Gasteiger partial charge on any atom is -0.476 e. The van der Waals surface area contributed by atoms with E-state index < -0.39 is 41.7 Å². The normalized spacial score (nSPS) is 22.8. The third kappa shape index (κ3) is 6.21. The molecular formula is C22H23NO7S. The first-order chi connectivity index (χ1) is 14.8. The summed E-state index contributed by atoms with van der Waals surface area (Å²) in [6.45, 7) is 3.76. The van der Waals surface area contributed by atoms with Crippen LogP contribution in [0.15, 0.2) is 48.8 Å². The molecule has 8 nitrogen and oxygen atoms in total. The summed E-state index contributed by atoms with van der Waals surface area (Å²) in [6.07, 6.45) is 0.777. The van der Waals surface area contributed by atoms with Crippen LogP contribution in [0.2, 0.25) is 0 Å². The molecule has 164 valence electrons. The summed E-state index contributed by atoms with van der Waals surface area (Å²) < 4.78 is 22.2. The van der Waals surface area contributed by atoms with Gasteiger partial charge in [-0.15, -0.1) is 11.8 Å². The topological polar surface area (TPSA) is 101 Å². The molecule has 1 aliphatic heterocycles. The van der Waals surface area contributed by atoms with E-state index in [0.29, 0.717) is 11.5 Å². The second kappa shape index (κ2) is 10.3. The molecule has 1 saturated heterocycles. The Labute approximate surface area is 184 Å². The van der Waals surface area contributed by atoms with Gasteiger partial charge in [0.2, 0.25) is 0 Å². The lowest BCUT2D eigenvalue weighted by atomic mass is 10.1. The molecule has 0 saturated carbocycles. The Morgan fingerprint density at radius 2 is 1.52 bits per heavy atom. The number of rotatable bonds is 6. The highest BCUT2D eigenvalue weighted by atomic mass is 32.2. The molecule has 0 amide bonds. The maximum atomic E-state index is 11.7. The average Bonchev–Trinajstić information content (AvgIpc) is 2.72. The molecule has 2 heterocycles. The van der Waals surface area contributed by atoms with Gasteiger partial charge in [0.05, 0.1) is 0 Å². The van der Waals surface area contributed by atoms with E-state index in [1.807, 2.05) is 24.3 Å². The lowest BCUT2D eigenvalue weighted by molar-refractivity contribution is -0.186. The van der Waals surface area contributed by atoms with Gasteiger partial charge in [-0.2, -0.15) is 0 Å². The number of aromatic nitrogens is 1. The van der Waals surface area contributed by atoms with Crippen molar-refractivity contribution in [2.75, 3.05) is 5.75 Å². The molecule has 0 radical (unpaired) electrons. The van der Waals surface area contributed by atoms with Gasteiger partial charge < -0.3 is 18.9 Å². The summed E-state index contributed by atoms with van der Waals surface area (Å²) in [4.78, 5) is 39.0. The fraction of sp³-hybridized carbons (Fsp3) is 0.364. The van der Waals surface area contributed by atoms with Crippen LogP contribution < -0.4 is 4.74 Å². The summed E-state index contributed by atoms with van der Waals surface area (Å²) in [7, 11) is 0. The first-order valence-electron chi connectivity index (χ1n) is 9.64. The molecule has 0 unspecified atom stereocenters. The van der Waals surface area contributed by atoms with Gasteiger partial charge in [0.15, 0.2) is 23.7 Å². The Morgan fingerprint density at radius 1 is 0.871 bits per heavy atom. The SMILES string of the molecule is CC(=O)O[C@@H]1[C@@H](OC(C)=O)[C@H](OC(C)=O)CS[C@H]1Oc1ccc(-c2cccnc2)cc1. The van der Waals surface area contributed by atoms with E-state index in [2.05, 4.69) is 4.98 Å². The summed E-state index contributed by atoms with van der Waals surface area (Å²) in [5, 5.41) is 0. The fourth-order valence-corrected chi connectivity index (χ4v) is 4.42. The lowest BCUT2D eigenvalue weighted by Gasteiger charge is -2.39. The van der Waals surface area contributed by atoms with Crippen molar-refractivity contribution < 1.29 is 33.3 Å². The standard InChI is InChI=1S/C22H23NO7S/c1-13(24)27-19-12-31-22(21(29-15(3)26)20(19)28-14(2)25)30-18-8-6-16(7-9-18)17-5-4-10-23-11-17/h4-11,19-22H,12H2,1-3H3/t19-,20+,21-,22-/m1/s1. The molecule has 0 bridgehead atoms. The Morgan fingerprint density at radius 3 is 2.10 bits per heavy atom. The van der Waals surface area contributed by atoms with Crippen LogP contribution in [0.3, 0.4) is 0 Å². The molecule has 31 heavy (non-hydrogen) atoms. The van der Waals surface area contributed by atoms with Crippen molar-refractivity contribution in [1.82, 2.24) is 4.98 Å². The summed E-state index contributed by atoms with van der Waals surface area (Å²) >= 11 is 1.31. The monoisotopic (exact) mass is 445 g/mol. The molecule has 4 atom stereocenters. The summed E-state index contributed by atoms with van der Waals surface area (Å²) in [5.74, 6) is -0.796. The van der Waals surface area contributed by atoms with E-state index in [1.54, 1.807) is 24.5 Å². The van der Waals surface area contributed by atoms with Crippen LogP contribution in [0.25, 0.3) is 11.1 Å². The van der Waals surface area contributed by atoms with Crippen LogP contribution in [0.4, 0.5) is 0 Å². The van der Waals surface area contributed by atoms with Crippen LogP contribution in [0.1, 0.15) is 20.8 Å². The maximum Gasteiger partial charge on any atom is 0.303 e. The Balaban J connectivity index is 1.80.